The Morgan fingerprint density at radius 2 is 2.00 bits per heavy atom. The van der Waals surface area contributed by atoms with E-state index in [1.807, 2.05) is 0 Å². The Hall–Kier alpha value is -1.53. The van der Waals surface area contributed by atoms with Gasteiger partial charge in [-0.15, -0.1) is 0 Å². The van der Waals surface area contributed by atoms with Crippen molar-refractivity contribution in [1.29, 1.82) is 0 Å². The Kier molecular flexibility index (Phi) is 7.11. The zero-order valence-corrected chi connectivity index (χ0v) is 11.7. The van der Waals surface area contributed by atoms with E-state index in [1.165, 1.54) is 18.2 Å². The summed E-state index contributed by atoms with van der Waals surface area (Å²) in [5.41, 5.74) is -0.00681. The average Bonchev–Trinajstić information content (AvgIpc) is 2.39. The molecule has 1 atom stereocenters. The third kappa shape index (κ3) is 5.63. The number of hydrogen-bond acceptors (Lipinski definition) is 3. The highest BCUT2D eigenvalue weighted by Crippen LogP contribution is 2.13. The van der Waals surface area contributed by atoms with Crippen molar-refractivity contribution in [2.45, 2.75) is 19.4 Å². The lowest BCUT2D eigenvalue weighted by molar-refractivity contribution is -0.120. The summed E-state index contributed by atoms with van der Waals surface area (Å²) in [4.78, 5) is 11.6. The third-order valence-corrected chi connectivity index (χ3v) is 2.75. The minimum absolute atomic E-state index is 0.00681. The molecule has 0 spiro atoms. The van der Waals surface area contributed by atoms with Crippen LogP contribution in [0.1, 0.15) is 12.5 Å². The Morgan fingerprint density at radius 3 is 2.60 bits per heavy atom. The van der Waals surface area contributed by atoms with Crippen molar-refractivity contribution in [3.05, 3.63) is 35.4 Å². The summed E-state index contributed by atoms with van der Waals surface area (Å²) in [6, 6.07) is 3.38. The first-order valence-electron chi connectivity index (χ1n) is 6.46. The Balaban J connectivity index is 2.39. The van der Waals surface area contributed by atoms with E-state index in [0.717, 1.165) is 0 Å². The summed E-state index contributed by atoms with van der Waals surface area (Å²) < 4.78 is 31.7. The molecule has 0 heterocycles. The standard InChI is InChI=1S/C14H20F2N2O2/c1-10(18-14(19)9-17-6-7-20-2)8-11-12(15)4-3-5-13(11)16/h3-5,10,17H,6-9H2,1-2H3,(H,18,19). The highest BCUT2D eigenvalue weighted by molar-refractivity contribution is 5.78. The fraction of sp³-hybridized carbons (Fsp3) is 0.500. The molecule has 1 aromatic carbocycles. The van der Waals surface area contributed by atoms with Gasteiger partial charge < -0.3 is 15.4 Å². The number of carbonyl (C=O) groups is 1. The minimum atomic E-state index is -0.593. The molecule has 20 heavy (non-hydrogen) atoms. The normalized spacial score (nSPS) is 12.2. The maximum absolute atomic E-state index is 13.5. The predicted molar refractivity (Wildman–Crippen MR) is 72.4 cm³/mol. The molecule has 0 aromatic heterocycles. The molecule has 0 saturated carbocycles. The maximum Gasteiger partial charge on any atom is 0.234 e. The molecular formula is C14H20F2N2O2. The van der Waals surface area contributed by atoms with E-state index in [4.69, 9.17) is 4.74 Å². The van der Waals surface area contributed by atoms with Crippen molar-refractivity contribution in [3.8, 4) is 0 Å². The molecule has 1 unspecified atom stereocenters. The van der Waals surface area contributed by atoms with E-state index in [2.05, 4.69) is 10.6 Å². The summed E-state index contributed by atoms with van der Waals surface area (Å²) in [6.45, 7) is 2.94. The van der Waals surface area contributed by atoms with Crippen molar-refractivity contribution in [2.75, 3.05) is 26.8 Å². The third-order valence-electron chi connectivity index (χ3n) is 2.75. The first-order chi connectivity index (χ1) is 9.54. The molecule has 1 rings (SSSR count). The quantitative estimate of drug-likeness (QED) is 0.707. The number of hydrogen-bond donors (Lipinski definition) is 2. The molecule has 0 fully saturated rings. The van der Waals surface area contributed by atoms with Gasteiger partial charge >= 0.3 is 0 Å². The SMILES string of the molecule is COCCNCC(=O)NC(C)Cc1c(F)cccc1F. The second-order valence-corrected chi connectivity index (χ2v) is 4.54. The Morgan fingerprint density at radius 1 is 1.35 bits per heavy atom. The van der Waals surface area contributed by atoms with Crippen LogP contribution in [-0.2, 0) is 16.0 Å². The van der Waals surface area contributed by atoms with Crippen LogP contribution in [0.5, 0.6) is 0 Å². The summed E-state index contributed by atoms with van der Waals surface area (Å²) in [5.74, 6) is -1.40. The lowest BCUT2D eigenvalue weighted by atomic mass is 10.1. The van der Waals surface area contributed by atoms with E-state index in [9.17, 15) is 13.6 Å². The zero-order valence-electron chi connectivity index (χ0n) is 11.7. The van der Waals surface area contributed by atoms with E-state index in [1.54, 1.807) is 14.0 Å². The number of methoxy groups -OCH3 is 1. The van der Waals surface area contributed by atoms with Crippen LogP contribution in [0.25, 0.3) is 0 Å². The van der Waals surface area contributed by atoms with Crippen LogP contribution in [-0.4, -0.2) is 38.8 Å². The molecule has 0 bridgehead atoms. The number of rotatable bonds is 8. The minimum Gasteiger partial charge on any atom is -0.383 e. The van der Waals surface area contributed by atoms with Crippen molar-refractivity contribution in [3.63, 3.8) is 0 Å². The second kappa shape index (κ2) is 8.60. The van der Waals surface area contributed by atoms with Crippen LogP contribution in [0.2, 0.25) is 0 Å². The maximum atomic E-state index is 13.5. The van der Waals surface area contributed by atoms with E-state index in [-0.39, 0.29) is 30.5 Å². The zero-order chi connectivity index (χ0) is 15.0. The topological polar surface area (TPSA) is 50.4 Å². The van der Waals surface area contributed by atoms with Crippen molar-refractivity contribution < 1.29 is 18.3 Å². The van der Waals surface area contributed by atoms with Gasteiger partial charge in [-0.05, 0) is 25.5 Å². The molecule has 0 aliphatic carbocycles. The molecule has 0 saturated heterocycles. The Bertz CT molecular complexity index is 421. The second-order valence-electron chi connectivity index (χ2n) is 4.54. The number of carbonyl (C=O) groups excluding carboxylic acids is 1. The fourth-order valence-corrected chi connectivity index (χ4v) is 1.79. The number of ether oxygens (including phenoxy) is 1. The molecule has 0 aliphatic heterocycles. The smallest absolute Gasteiger partial charge is 0.234 e. The molecule has 2 N–H and O–H groups in total. The van der Waals surface area contributed by atoms with Gasteiger partial charge in [0.25, 0.3) is 0 Å². The van der Waals surface area contributed by atoms with Crippen molar-refractivity contribution in [1.82, 2.24) is 10.6 Å². The van der Waals surface area contributed by atoms with Crippen LogP contribution in [0.4, 0.5) is 8.78 Å². The van der Waals surface area contributed by atoms with Gasteiger partial charge in [-0.1, -0.05) is 6.07 Å². The van der Waals surface area contributed by atoms with Gasteiger partial charge in [0.2, 0.25) is 5.91 Å². The highest BCUT2D eigenvalue weighted by atomic mass is 19.1. The number of benzene rings is 1. The highest BCUT2D eigenvalue weighted by Gasteiger charge is 2.14. The van der Waals surface area contributed by atoms with Crippen LogP contribution in [0, 0.1) is 11.6 Å². The monoisotopic (exact) mass is 286 g/mol. The van der Waals surface area contributed by atoms with E-state index in [0.29, 0.717) is 13.2 Å². The molecular weight excluding hydrogens is 266 g/mol. The molecule has 1 amide bonds. The summed E-state index contributed by atoms with van der Waals surface area (Å²) >= 11 is 0. The molecule has 112 valence electrons. The van der Waals surface area contributed by atoms with E-state index >= 15 is 0 Å². The Labute approximate surface area is 117 Å². The average molecular weight is 286 g/mol. The number of halogens is 2. The predicted octanol–water partition coefficient (Wildman–Crippen LogP) is 1.25. The summed E-state index contributed by atoms with van der Waals surface area (Å²) in [5, 5.41) is 5.58. The molecule has 6 heteroatoms. The molecule has 0 aliphatic rings. The van der Waals surface area contributed by atoms with Crippen LogP contribution >= 0.6 is 0 Å². The van der Waals surface area contributed by atoms with Gasteiger partial charge in [0.15, 0.2) is 0 Å². The summed E-state index contributed by atoms with van der Waals surface area (Å²) in [7, 11) is 1.58. The van der Waals surface area contributed by atoms with Crippen LogP contribution in [0.15, 0.2) is 18.2 Å². The molecule has 1 aromatic rings. The molecule has 0 radical (unpaired) electrons. The summed E-state index contributed by atoms with van der Waals surface area (Å²) in [6.07, 6.45) is 0.113. The van der Waals surface area contributed by atoms with Crippen LogP contribution in [0.3, 0.4) is 0 Å². The largest absolute Gasteiger partial charge is 0.383 e. The fourth-order valence-electron chi connectivity index (χ4n) is 1.79. The van der Waals surface area contributed by atoms with Crippen molar-refractivity contribution >= 4 is 5.91 Å². The first kappa shape index (κ1) is 16.5. The number of amides is 1. The lowest BCUT2D eigenvalue weighted by Gasteiger charge is -2.15. The first-order valence-corrected chi connectivity index (χ1v) is 6.46. The van der Waals surface area contributed by atoms with Crippen molar-refractivity contribution in [2.24, 2.45) is 0 Å². The van der Waals surface area contributed by atoms with Gasteiger partial charge in [0.05, 0.1) is 13.2 Å². The van der Waals surface area contributed by atoms with Crippen LogP contribution < -0.4 is 10.6 Å². The lowest BCUT2D eigenvalue weighted by Crippen LogP contribution is -2.40. The van der Waals surface area contributed by atoms with Gasteiger partial charge in [0, 0.05) is 25.3 Å². The number of nitrogens with one attached hydrogen (secondary N) is 2. The van der Waals surface area contributed by atoms with Gasteiger partial charge in [0.1, 0.15) is 11.6 Å². The van der Waals surface area contributed by atoms with Gasteiger partial charge in [-0.2, -0.15) is 0 Å². The van der Waals surface area contributed by atoms with Gasteiger partial charge in [-0.25, -0.2) is 8.78 Å². The molecule has 4 nitrogen and oxygen atoms in total. The van der Waals surface area contributed by atoms with E-state index < -0.39 is 11.6 Å². The van der Waals surface area contributed by atoms with Gasteiger partial charge in [-0.3, -0.25) is 4.79 Å².